The maximum Gasteiger partial charge on any atom is 0.256 e. The van der Waals surface area contributed by atoms with Crippen molar-refractivity contribution < 1.29 is 4.79 Å². The highest BCUT2D eigenvalue weighted by Crippen LogP contribution is 2.24. The van der Waals surface area contributed by atoms with Crippen LogP contribution in [0.25, 0.3) is 10.9 Å². The average Bonchev–Trinajstić information content (AvgIpc) is 2.48. The van der Waals surface area contributed by atoms with Gasteiger partial charge >= 0.3 is 0 Å². The van der Waals surface area contributed by atoms with E-state index in [9.17, 15) is 4.79 Å². The zero-order valence-electron chi connectivity index (χ0n) is 10.7. The minimum Gasteiger partial charge on any atom is -0.319 e. The van der Waals surface area contributed by atoms with Crippen molar-refractivity contribution in [1.29, 1.82) is 0 Å². The number of hydrogen-bond donors (Lipinski definition) is 1. The first-order valence-electron chi connectivity index (χ1n) is 6.11. The van der Waals surface area contributed by atoms with Gasteiger partial charge in [0.25, 0.3) is 5.91 Å². The first kappa shape index (κ1) is 13.8. The molecule has 0 fully saturated rings. The fraction of sp³-hybridized carbons (Fsp3) is 0. The predicted molar refractivity (Wildman–Crippen MR) is 84.0 cm³/mol. The number of benzene rings is 1. The highest BCUT2D eigenvalue weighted by molar-refractivity contribution is 6.34. The van der Waals surface area contributed by atoms with Gasteiger partial charge in [-0.3, -0.25) is 9.78 Å². The molecule has 0 unspecified atom stereocenters. The van der Waals surface area contributed by atoms with Crippen LogP contribution in [0.5, 0.6) is 0 Å². The van der Waals surface area contributed by atoms with Crippen LogP contribution in [0.1, 0.15) is 10.4 Å². The number of anilines is 1. The Balaban J connectivity index is 2.04. The zero-order chi connectivity index (χ0) is 14.8. The first-order valence-corrected chi connectivity index (χ1v) is 6.87. The molecule has 3 aromatic rings. The second-order valence-electron chi connectivity index (χ2n) is 4.32. The van der Waals surface area contributed by atoms with Gasteiger partial charge in [-0.15, -0.1) is 0 Å². The molecule has 2 heterocycles. The number of halogens is 2. The van der Waals surface area contributed by atoms with E-state index < -0.39 is 0 Å². The highest BCUT2D eigenvalue weighted by Gasteiger charge is 2.13. The molecule has 0 bridgehead atoms. The molecule has 1 N–H and O–H groups in total. The number of carbonyl (C=O) groups excluding carboxylic acids is 1. The van der Waals surface area contributed by atoms with Crippen LogP contribution in [-0.4, -0.2) is 15.9 Å². The Morgan fingerprint density at radius 3 is 2.76 bits per heavy atom. The van der Waals surface area contributed by atoms with Crippen molar-refractivity contribution in [3.05, 3.63) is 64.5 Å². The van der Waals surface area contributed by atoms with Gasteiger partial charge in [0, 0.05) is 11.6 Å². The Bertz CT molecular complexity index is 836. The molecular weight excluding hydrogens is 309 g/mol. The molecule has 6 heteroatoms. The number of rotatable bonds is 2. The number of amides is 1. The van der Waals surface area contributed by atoms with Gasteiger partial charge in [0.05, 0.1) is 28.0 Å². The van der Waals surface area contributed by atoms with E-state index >= 15 is 0 Å². The van der Waals surface area contributed by atoms with Gasteiger partial charge in [0.15, 0.2) is 0 Å². The van der Waals surface area contributed by atoms with Crippen molar-refractivity contribution in [2.45, 2.75) is 0 Å². The molecule has 1 amide bonds. The zero-order valence-corrected chi connectivity index (χ0v) is 12.2. The summed E-state index contributed by atoms with van der Waals surface area (Å²) in [5.74, 6) is -0.314. The van der Waals surface area contributed by atoms with E-state index in [1.807, 2.05) is 18.2 Å². The summed E-state index contributed by atoms with van der Waals surface area (Å²) >= 11 is 12.0. The third-order valence-electron chi connectivity index (χ3n) is 2.95. The molecule has 4 nitrogen and oxygen atoms in total. The normalized spacial score (nSPS) is 10.6. The average molecular weight is 318 g/mol. The van der Waals surface area contributed by atoms with Crippen LogP contribution in [0, 0.1) is 0 Å². The molecule has 0 spiro atoms. The highest BCUT2D eigenvalue weighted by atomic mass is 35.5. The van der Waals surface area contributed by atoms with Crippen LogP contribution < -0.4 is 5.32 Å². The minimum absolute atomic E-state index is 0.260. The molecule has 0 aliphatic rings. The van der Waals surface area contributed by atoms with Gasteiger partial charge in [-0.1, -0.05) is 41.4 Å². The molecular formula is C15H9Cl2N3O. The van der Waals surface area contributed by atoms with Crippen molar-refractivity contribution in [2.24, 2.45) is 0 Å². The largest absolute Gasteiger partial charge is 0.319 e. The van der Waals surface area contributed by atoms with E-state index in [-0.39, 0.29) is 11.1 Å². The predicted octanol–water partition coefficient (Wildman–Crippen LogP) is 4.19. The Kier molecular flexibility index (Phi) is 3.73. The van der Waals surface area contributed by atoms with Crippen LogP contribution in [-0.2, 0) is 0 Å². The van der Waals surface area contributed by atoms with E-state index in [1.165, 1.54) is 12.3 Å². The molecule has 0 saturated heterocycles. The summed E-state index contributed by atoms with van der Waals surface area (Å²) < 4.78 is 0. The third-order valence-corrected chi connectivity index (χ3v) is 3.47. The van der Waals surface area contributed by atoms with Crippen LogP contribution in [0.15, 0.2) is 48.8 Å². The molecule has 104 valence electrons. The van der Waals surface area contributed by atoms with E-state index in [1.54, 1.807) is 18.3 Å². The lowest BCUT2D eigenvalue weighted by Gasteiger charge is -2.09. The molecule has 1 aromatic carbocycles. The Labute approximate surface area is 130 Å². The molecule has 2 aromatic heterocycles. The molecule has 0 aliphatic heterocycles. The summed E-state index contributed by atoms with van der Waals surface area (Å²) in [6.07, 6.45) is 3.04. The lowest BCUT2D eigenvalue weighted by molar-refractivity contribution is 0.102. The number of nitrogens with zero attached hydrogens (tertiary/aromatic N) is 2. The Morgan fingerprint density at radius 2 is 1.95 bits per heavy atom. The summed E-state index contributed by atoms with van der Waals surface area (Å²) in [7, 11) is 0. The number of hydrogen-bond acceptors (Lipinski definition) is 3. The second kappa shape index (κ2) is 5.68. The van der Waals surface area contributed by atoms with E-state index in [2.05, 4.69) is 15.3 Å². The number of carbonyl (C=O) groups is 1. The van der Waals surface area contributed by atoms with Crippen LogP contribution in [0.3, 0.4) is 0 Å². The summed E-state index contributed by atoms with van der Waals surface area (Å²) in [4.78, 5) is 20.6. The number of aromatic nitrogens is 2. The van der Waals surface area contributed by atoms with Crippen molar-refractivity contribution in [3.63, 3.8) is 0 Å². The number of nitrogens with one attached hydrogen (secondary N) is 1. The monoisotopic (exact) mass is 317 g/mol. The summed E-state index contributed by atoms with van der Waals surface area (Å²) in [5, 5.41) is 4.13. The molecule has 0 radical (unpaired) electrons. The molecule has 0 aliphatic carbocycles. The Hall–Kier alpha value is -2.17. The van der Waals surface area contributed by atoms with Gasteiger partial charge < -0.3 is 5.32 Å². The van der Waals surface area contributed by atoms with E-state index in [0.717, 1.165) is 5.39 Å². The summed E-state index contributed by atoms with van der Waals surface area (Å²) in [5.41, 5.74) is 1.54. The number of fused-ring (bicyclic) bond motifs is 1. The van der Waals surface area contributed by atoms with Crippen LogP contribution in [0.4, 0.5) is 5.69 Å². The topological polar surface area (TPSA) is 54.9 Å². The van der Waals surface area contributed by atoms with Crippen molar-refractivity contribution in [3.8, 4) is 0 Å². The van der Waals surface area contributed by atoms with E-state index in [4.69, 9.17) is 23.2 Å². The lowest BCUT2D eigenvalue weighted by Crippen LogP contribution is -2.13. The van der Waals surface area contributed by atoms with Gasteiger partial charge in [-0.2, -0.15) is 0 Å². The maximum atomic E-state index is 12.4. The molecule has 21 heavy (non-hydrogen) atoms. The Morgan fingerprint density at radius 1 is 1.14 bits per heavy atom. The molecule has 0 atom stereocenters. The maximum absolute atomic E-state index is 12.4. The van der Waals surface area contributed by atoms with Crippen LogP contribution >= 0.6 is 23.2 Å². The molecule has 0 saturated carbocycles. The number of pyridine rings is 2. The van der Waals surface area contributed by atoms with Gasteiger partial charge in [-0.05, 0) is 18.2 Å². The van der Waals surface area contributed by atoms with Gasteiger partial charge in [-0.25, -0.2) is 4.98 Å². The van der Waals surface area contributed by atoms with E-state index in [0.29, 0.717) is 21.8 Å². The first-order chi connectivity index (χ1) is 10.1. The third kappa shape index (κ3) is 2.82. The number of para-hydroxylation sites is 1. The summed E-state index contributed by atoms with van der Waals surface area (Å²) in [6, 6.07) is 10.4. The molecule has 3 rings (SSSR count). The SMILES string of the molecule is O=C(Nc1cnccc1Cl)c1cc(Cl)nc2ccccc12. The second-order valence-corrected chi connectivity index (χ2v) is 5.11. The van der Waals surface area contributed by atoms with Crippen LogP contribution in [0.2, 0.25) is 10.2 Å². The van der Waals surface area contributed by atoms with Gasteiger partial charge in [0.2, 0.25) is 0 Å². The quantitative estimate of drug-likeness (QED) is 0.721. The summed E-state index contributed by atoms with van der Waals surface area (Å²) in [6.45, 7) is 0. The minimum atomic E-state index is -0.314. The van der Waals surface area contributed by atoms with Crippen molar-refractivity contribution >= 4 is 45.7 Å². The lowest BCUT2D eigenvalue weighted by atomic mass is 10.1. The standard InChI is InChI=1S/C15H9Cl2N3O/c16-11-5-6-18-8-13(11)20-15(21)10-7-14(17)19-12-4-2-1-3-9(10)12/h1-8H,(H,20,21). The van der Waals surface area contributed by atoms with Crippen molar-refractivity contribution in [2.75, 3.05) is 5.32 Å². The smallest absolute Gasteiger partial charge is 0.256 e. The van der Waals surface area contributed by atoms with Gasteiger partial charge in [0.1, 0.15) is 5.15 Å². The fourth-order valence-corrected chi connectivity index (χ4v) is 2.34. The fourth-order valence-electron chi connectivity index (χ4n) is 1.99. The van der Waals surface area contributed by atoms with Crippen molar-refractivity contribution in [1.82, 2.24) is 9.97 Å².